The van der Waals surface area contributed by atoms with Gasteiger partial charge in [-0.25, -0.2) is 0 Å². The quantitative estimate of drug-likeness (QED) is 0.908. The van der Waals surface area contributed by atoms with E-state index in [0.717, 1.165) is 13.1 Å². The van der Waals surface area contributed by atoms with E-state index in [-0.39, 0.29) is 24.2 Å². The van der Waals surface area contributed by atoms with E-state index >= 15 is 0 Å². The maximum Gasteiger partial charge on any atom is 0.237 e. The van der Waals surface area contributed by atoms with Gasteiger partial charge in [-0.1, -0.05) is 37.3 Å². The molecule has 1 fully saturated rings. The second kappa shape index (κ2) is 7.75. The fourth-order valence-electron chi connectivity index (χ4n) is 3.00. The number of hydrogen-bond acceptors (Lipinski definition) is 3. The van der Waals surface area contributed by atoms with Crippen LogP contribution in [0.25, 0.3) is 0 Å². The lowest BCUT2D eigenvalue weighted by Gasteiger charge is -2.38. The van der Waals surface area contributed by atoms with Crippen LogP contribution in [0.15, 0.2) is 30.3 Å². The lowest BCUT2D eigenvalue weighted by Crippen LogP contribution is -2.54. The summed E-state index contributed by atoms with van der Waals surface area (Å²) in [5.41, 5.74) is 1.25. The van der Waals surface area contributed by atoms with Crippen molar-refractivity contribution in [3.05, 3.63) is 35.9 Å². The van der Waals surface area contributed by atoms with Gasteiger partial charge in [0.25, 0.3) is 0 Å². The Morgan fingerprint density at radius 3 is 2.41 bits per heavy atom. The summed E-state index contributed by atoms with van der Waals surface area (Å²) in [5, 5.41) is 3.09. The molecular formula is C18H28N2O2. The molecule has 0 bridgehead atoms. The van der Waals surface area contributed by atoms with Gasteiger partial charge in [0.2, 0.25) is 5.91 Å². The van der Waals surface area contributed by atoms with Gasteiger partial charge in [-0.05, 0) is 32.3 Å². The van der Waals surface area contributed by atoms with Crippen molar-refractivity contribution < 1.29 is 9.53 Å². The minimum absolute atomic E-state index is 0.101. The highest BCUT2D eigenvalue weighted by molar-refractivity contribution is 5.81. The Kier molecular flexibility index (Phi) is 5.98. The molecule has 1 amide bonds. The number of ether oxygens (including phenoxy) is 1. The van der Waals surface area contributed by atoms with Crippen molar-refractivity contribution in [2.45, 2.75) is 51.9 Å². The molecular weight excluding hydrogens is 276 g/mol. The fourth-order valence-corrected chi connectivity index (χ4v) is 3.00. The van der Waals surface area contributed by atoms with Crippen molar-refractivity contribution in [2.24, 2.45) is 0 Å². The number of rotatable bonds is 5. The number of carbonyl (C=O) groups is 1. The van der Waals surface area contributed by atoms with E-state index in [0.29, 0.717) is 12.5 Å². The first-order chi connectivity index (χ1) is 10.5. The average molecular weight is 304 g/mol. The van der Waals surface area contributed by atoms with Crippen LogP contribution in [0, 0.1) is 0 Å². The van der Waals surface area contributed by atoms with Crippen LogP contribution in [0.3, 0.4) is 0 Å². The summed E-state index contributed by atoms with van der Waals surface area (Å²) in [6.45, 7) is 10.5. The van der Waals surface area contributed by atoms with E-state index in [1.807, 2.05) is 25.1 Å². The van der Waals surface area contributed by atoms with Gasteiger partial charge < -0.3 is 10.1 Å². The van der Waals surface area contributed by atoms with Crippen LogP contribution in [-0.2, 0) is 9.53 Å². The molecule has 1 N–H and O–H groups in total. The van der Waals surface area contributed by atoms with Crippen molar-refractivity contribution in [1.82, 2.24) is 10.2 Å². The standard InChI is InChI=1S/C18H28N2O2/c1-13(17-8-6-5-7-9-17)10-19-18(21)16(4)20-11-14(2)22-15(3)12-20/h5-9,13-16H,10-12H2,1-4H3,(H,19,21)/t13-,14+,15+,16+/m1/s1. The topological polar surface area (TPSA) is 41.6 Å². The molecule has 0 spiro atoms. The van der Waals surface area contributed by atoms with E-state index in [9.17, 15) is 4.79 Å². The molecule has 0 radical (unpaired) electrons. The van der Waals surface area contributed by atoms with Gasteiger partial charge in [-0.2, -0.15) is 0 Å². The summed E-state index contributed by atoms with van der Waals surface area (Å²) in [5.74, 6) is 0.420. The monoisotopic (exact) mass is 304 g/mol. The van der Waals surface area contributed by atoms with E-state index < -0.39 is 0 Å². The molecule has 1 aliphatic rings. The lowest BCUT2D eigenvalue weighted by atomic mass is 10.0. The summed E-state index contributed by atoms with van der Waals surface area (Å²) < 4.78 is 5.73. The summed E-state index contributed by atoms with van der Waals surface area (Å²) in [4.78, 5) is 14.6. The van der Waals surface area contributed by atoms with Crippen molar-refractivity contribution >= 4 is 5.91 Å². The number of nitrogens with zero attached hydrogens (tertiary/aromatic N) is 1. The number of carbonyl (C=O) groups excluding carboxylic acids is 1. The van der Waals surface area contributed by atoms with Gasteiger partial charge in [-0.3, -0.25) is 9.69 Å². The second-order valence-corrected chi connectivity index (χ2v) is 6.44. The highest BCUT2D eigenvalue weighted by Crippen LogP contribution is 2.15. The third-order valence-electron chi connectivity index (χ3n) is 4.33. The Hall–Kier alpha value is -1.39. The Balaban J connectivity index is 1.84. The Morgan fingerprint density at radius 2 is 1.82 bits per heavy atom. The second-order valence-electron chi connectivity index (χ2n) is 6.44. The summed E-state index contributed by atoms with van der Waals surface area (Å²) in [6, 6.07) is 10.2. The number of benzene rings is 1. The molecule has 122 valence electrons. The SMILES string of the molecule is C[C@H](CNC(=O)[C@H](C)N1C[C@H](C)O[C@@H](C)C1)c1ccccc1. The van der Waals surface area contributed by atoms with Crippen LogP contribution in [-0.4, -0.2) is 48.7 Å². The molecule has 1 aliphatic heterocycles. The first-order valence-corrected chi connectivity index (χ1v) is 8.19. The minimum atomic E-state index is -0.114. The predicted octanol–water partition coefficient (Wildman–Crippen LogP) is 2.40. The molecule has 1 aromatic carbocycles. The minimum Gasteiger partial charge on any atom is -0.373 e. The largest absolute Gasteiger partial charge is 0.373 e. The molecule has 0 aliphatic carbocycles. The first kappa shape index (κ1) is 17.0. The third kappa shape index (κ3) is 4.55. The van der Waals surface area contributed by atoms with Gasteiger partial charge in [0.05, 0.1) is 18.2 Å². The smallest absolute Gasteiger partial charge is 0.237 e. The van der Waals surface area contributed by atoms with Gasteiger partial charge >= 0.3 is 0 Å². The van der Waals surface area contributed by atoms with Crippen LogP contribution in [0.1, 0.15) is 39.2 Å². The first-order valence-electron chi connectivity index (χ1n) is 8.19. The van der Waals surface area contributed by atoms with Gasteiger partial charge in [0, 0.05) is 19.6 Å². The van der Waals surface area contributed by atoms with E-state index in [1.54, 1.807) is 0 Å². The predicted molar refractivity (Wildman–Crippen MR) is 88.9 cm³/mol. The maximum atomic E-state index is 12.4. The fraction of sp³-hybridized carbons (Fsp3) is 0.611. The molecule has 1 saturated heterocycles. The third-order valence-corrected chi connectivity index (χ3v) is 4.33. The molecule has 2 rings (SSSR count). The molecule has 4 nitrogen and oxygen atoms in total. The van der Waals surface area contributed by atoms with Crippen molar-refractivity contribution in [1.29, 1.82) is 0 Å². The Morgan fingerprint density at radius 1 is 1.23 bits per heavy atom. The van der Waals surface area contributed by atoms with E-state index in [4.69, 9.17) is 4.74 Å². The molecule has 0 unspecified atom stereocenters. The van der Waals surface area contributed by atoms with Crippen molar-refractivity contribution in [2.75, 3.05) is 19.6 Å². The average Bonchev–Trinajstić information content (AvgIpc) is 2.51. The van der Waals surface area contributed by atoms with Crippen molar-refractivity contribution in [3.63, 3.8) is 0 Å². The highest BCUT2D eigenvalue weighted by atomic mass is 16.5. The Bertz CT molecular complexity index is 467. The molecule has 1 heterocycles. The van der Waals surface area contributed by atoms with E-state index in [1.165, 1.54) is 5.56 Å². The normalized spacial score (nSPS) is 25.5. The molecule has 0 saturated carbocycles. The van der Waals surface area contributed by atoms with Gasteiger partial charge in [0.15, 0.2) is 0 Å². The summed E-state index contributed by atoms with van der Waals surface area (Å²) in [6.07, 6.45) is 0.365. The number of nitrogens with one attached hydrogen (secondary N) is 1. The zero-order valence-electron chi connectivity index (χ0n) is 14.1. The molecule has 1 aromatic rings. The van der Waals surface area contributed by atoms with Crippen LogP contribution >= 0.6 is 0 Å². The van der Waals surface area contributed by atoms with Crippen LogP contribution in [0.5, 0.6) is 0 Å². The van der Waals surface area contributed by atoms with Gasteiger partial charge in [0.1, 0.15) is 0 Å². The summed E-state index contributed by atoms with van der Waals surface area (Å²) >= 11 is 0. The molecule has 22 heavy (non-hydrogen) atoms. The lowest BCUT2D eigenvalue weighted by molar-refractivity contribution is -0.131. The summed E-state index contributed by atoms with van der Waals surface area (Å²) in [7, 11) is 0. The number of hydrogen-bond donors (Lipinski definition) is 1. The number of amides is 1. The van der Waals surface area contributed by atoms with Crippen molar-refractivity contribution in [3.8, 4) is 0 Å². The maximum absolute atomic E-state index is 12.4. The Labute approximate surface area is 133 Å². The number of morpholine rings is 1. The van der Waals surface area contributed by atoms with Gasteiger partial charge in [-0.15, -0.1) is 0 Å². The van der Waals surface area contributed by atoms with Crippen LogP contribution in [0.4, 0.5) is 0 Å². The van der Waals surface area contributed by atoms with Crippen LogP contribution < -0.4 is 5.32 Å². The zero-order valence-corrected chi connectivity index (χ0v) is 14.1. The van der Waals surface area contributed by atoms with E-state index in [2.05, 4.69) is 43.1 Å². The highest BCUT2D eigenvalue weighted by Gasteiger charge is 2.29. The molecule has 4 heteroatoms. The zero-order chi connectivity index (χ0) is 16.1. The van der Waals surface area contributed by atoms with Crippen LogP contribution in [0.2, 0.25) is 0 Å². The molecule has 4 atom stereocenters. The molecule has 0 aromatic heterocycles.